The summed E-state index contributed by atoms with van der Waals surface area (Å²) < 4.78 is 26.7. The molecule has 0 aliphatic carbocycles. The van der Waals surface area contributed by atoms with Gasteiger partial charge in [0.25, 0.3) is 5.54 Å². The smallest absolute Gasteiger partial charge is 0.409 e. The van der Waals surface area contributed by atoms with E-state index in [0.717, 1.165) is 22.7 Å². The van der Waals surface area contributed by atoms with Crippen LogP contribution >= 0.6 is 11.5 Å². The van der Waals surface area contributed by atoms with Crippen molar-refractivity contribution in [3.05, 3.63) is 82.2 Å². The molecule has 0 aliphatic heterocycles. The molecule has 39 heavy (non-hydrogen) atoms. The molecule has 0 fully saturated rings. The van der Waals surface area contributed by atoms with E-state index in [-0.39, 0.29) is 37.0 Å². The summed E-state index contributed by atoms with van der Waals surface area (Å²) in [5.74, 6) is -1.80. The molecule has 1 N–H and O–H groups in total. The van der Waals surface area contributed by atoms with Crippen LogP contribution in [0.2, 0.25) is 0 Å². The summed E-state index contributed by atoms with van der Waals surface area (Å²) in [6.45, 7) is 8.35. The number of amides is 1. The second kappa shape index (κ2) is 13.2. The van der Waals surface area contributed by atoms with Gasteiger partial charge in [-0.15, -0.1) is 0 Å². The number of nitrogens with zero attached hydrogens (tertiary/aromatic N) is 1. The van der Waals surface area contributed by atoms with Crippen LogP contribution in [0.25, 0.3) is 0 Å². The number of aromatic nitrogens is 1. The molecule has 1 aromatic heterocycles. The van der Waals surface area contributed by atoms with Crippen molar-refractivity contribution in [2.24, 2.45) is 0 Å². The molecule has 0 unspecified atom stereocenters. The van der Waals surface area contributed by atoms with Crippen molar-refractivity contribution in [1.82, 2.24) is 9.69 Å². The van der Waals surface area contributed by atoms with Crippen molar-refractivity contribution in [1.29, 1.82) is 0 Å². The van der Waals surface area contributed by atoms with Gasteiger partial charge in [0, 0.05) is 12.0 Å². The third-order valence-electron chi connectivity index (χ3n) is 5.39. The summed E-state index contributed by atoms with van der Waals surface area (Å²) in [6.07, 6.45) is -0.734. The SMILES string of the molecule is CCOC(=O)C(NC(=O)OC(C)(C)C)(C(=O)OCC)c1snc(OCc2ccccc2)c1Cc1ccccc1. The number of carbonyl (C=O) groups is 3. The molecule has 0 spiro atoms. The fourth-order valence-corrected chi connectivity index (χ4v) is 4.71. The summed E-state index contributed by atoms with van der Waals surface area (Å²) in [5.41, 5.74) is -1.04. The Kier molecular flexibility index (Phi) is 10.1. The Balaban J connectivity index is 2.18. The van der Waals surface area contributed by atoms with E-state index in [1.165, 1.54) is 0 Å². The number of rotatable bonds is 11. The maximum atomic E-state index is 13.6. The normalized spacial score (nSPS) is 11.4. The molecule has 0 saturated carbocycles. The Morgan fingerprint density at radius 3 is 1.90 bits per heavy atom. The fourth-order valence-electron chi connectivity index (χ4n) is 3.75. The van der Waals surface area contributed by atoms with E-state index in [1.807, 2.05) is 60.7 Å². The van der Waals surface area contributed by atoms with Gasteiger partial charge in [-0.25, -0.2) is 14.4 Å². The largest absolute Gasteiger partial charge is 0.472 e. The molecule has 0 radical (unpaired) electrons. The van der Waals surface area contributed by atoms with Crippen molar-refractivity contribution in [3.63, 3.8) is 0 Å². The van der Waals surface area contributed by atoms with Gasteiger partial charge in [-0.2, -0.15) is 4.37 Å². The molecule has 1 amide bonds. The summed E-state index contributed by atoms with van der Waals surface area (Å²) in [4.78, 5) is 40.4. The summed E-state index contributed by atoms with van der Waals surface area (Å²) in [5, 5.41) is 2.49. The Morgan fingerprint density at radius 2 is 1.38 bits per heavy atom. The van der Waals surface area contributed by atoms with Crippen molar-refractivity contribution in [3.8, 4) is 5.88 Å². The molecule has 2 aromatic carbocycles. The number of carbonyl (C=O) groups excluding carboxylic acids is 3. The quantitative estimate of drug-likeness (QED) is 0.197. The van der Waals surface area contributed by atoms with Gasteiger partial charge in [0.1, 0.15) is 12.2 Å². The Hall–Kier alpha value is -3.92. The third-order valence-corrected chi connectivity index (χ3v) is 6.38. The average molecular weight is 555 g/mol. The van der Waals surface area contributed by atoms with Crippen molar-refractivity contribution in [2.75, 3.05) is 13.2 Å². The predicted octanol–water partition coefficient (Wildman–Crippen LogP) is 5.16. The minimum Gasteiger partial charge on any atom is -0.472 e. The Bertz CT molecular complexity index is 1240. The number of esters is 2. The molecule has 0 atom stereocenters. The van der Waals surface area contributed by atoms with Crippen LogP contribution in [-0.4, -0.2) is 41.2 Å². The highest BCUT2D eigenvalue weighted by Gasteiger charge is 2.56. The zero-order valence-electron chi connectivity index (χ0n) is 22.8. The topological polar surface area (TPSA) is 113 Å². The van der Waals surface area contributed by atoms with Gasteiger partial charge >= 0.3 is 18.0 Å². The lowest BCUT2D eigenvalue weighted by Gasteiger charge is -2.31. The van der Waals surface area contributed by atoms with Gasteiger partial charge in [0.2, 0.25) is 5.88 Å². The maximum absolute atomic E-state index is 13.6. The third kappa shape index (κ3) is 7.57. The number of alkyl carbamates (subject to hydrolysis) is 1. The average Bonchev–Trinajstić information content (AvgIpc) is 3.28. The molecule has 0 bridgehead atoms. The molecule has 9 nitrogen and oxygen atoms in total. The molecule has 3 aromatic rings. The minimum atomic E-state index is -2.37. The van der Waals surface area contributed by atoms with Crippen LogP contribution in [0.15, 0.2) is 60.7 Å². The summed E-state index contributed by atoms with van der Waals surface area (Å²) in [6, 6.07) is 19.0. The second-order valence-electron chi connectivity index (χ2n) is 9.55. The first kappa shape index (κ1) is 29.6. The first-order valence-corrected chi connectivity index (χ1v) is 13.4. The van der Waals surface area contributed by atoms with Crippen LogP contribution in [0.3, 0.4) is 0 Å². The number of nitrogens with one attached hydrogen (secondary N) is 1. The molecule has 208 valence electrons. The first-order chi connectivity index (χ1) is 18.6. The monoisotopic (exact) mass is 554 g/mol. The summed E-state index contributed by atoms with van der Waals surface area (Å²) >= 11 is 0.859. The second-order valence-corrected chi connectivity index (χ2v) is 10.3. The fraction of sp³-hybridized carbons (Fsp3) is 0.379. The molecule has 10 heteroatoms. The van der Waals surface area contributed by atoms with E-state index in [9.17, 15) is 14.4 Å². The Morgan fingerprint density at radius 1 is 0.846 bits per heavy atom. The number of hydrogen-bond donors (Lipinski definition) is 1. The van der Waals surface area contributed by atoms with Crippen LogP contribution in [0.5, 0.6) is 5.88 Å². The van der Waals surface area contributed by atoms with E-state index >= 15 is 0 Å². The highest BCUT2D eigenvalue weighted by atomic mass is 32.1. The van der Waals surface area contributed by atoms with E-state index in [4.69, 9.17) is 18.9 Å². The van der Waals surface area contributed by atoms with Crippen molar-refractivity contribution >= 4 is 29.6 Å². The number of ether oxygens (including phenoxy) is 4. The van der Waals surface area contributed by atoms with Gasteiger partial charge in [-0.3, -0.25) is 5.32 Å². The molecule has 1 heterocycles. The van der Waals surface area contributed by atoms with E-state index < -0.39 is 29.2 Å². The van der Waals surface area contributed by atoms with Gasteiger partial charge in [0.15, 0.2) is 0 Å². The number of benzene rings is 2. The van der Waals surface area contributed by atoms with Crippen molar-refractivity contribution in [2.45, 2.75) is 58.8 Å². The Labute approximate surface area is 232 Å². The van der Waals surface area contributed by atoms with Gasteiger partial charge < -0.3 is 18.9 Å². The van der Waals surface area contributed by atoms with Crippen LogP contribution in [0.4, 0.5) is 4.79 Å². The lowest BCUT2D eigenvalue weighted by Crippen LogP contribution is -2.59. The van der Waals surface area contributed by atoms with Crippen molar-refractivity contribution < 1.29 is 33.3 Å². The molecular formula is C29H34N2O7S. The maximum Gasteiger partial charge on any atom is 0.409 e. The van der Waals surface area contributed by atoms with Crippen LogP contribution < -0.4 is 10.1 Å². The zero-order chi connectivity index (χ0) is 28.5. The molecule has 0 saturated heterocycles. The highest BCUT2D eigenvalue weighted by Crippen LogP contribution is 2.38. The first-order valence-electron chi connectivity index (χ1n) is 12.7. The van der Waals surface area contributed by atoms with Crippen LogP contribution in [0.1, 0.15) is 56.2 Å². The predicted molar refractivity (Wildman–Crippen MR) is 146 cm³/mol. The standard InChI is InChI=1S/C29H34N2O7S/c1-6-35-25(32)29(26(33)36-7-2,30-27(34)38-28(3,4)5)23-22(18-20-14-10-8-11-15-20)24(31-39-23)37-19-21-16-12-9-13-17-21/h8-17H,6-7,18-19H2,1-5H3,(H,30,34). The van der Waals surface area contributed by atoms with Gasteiger partial charge in [-0.05, 0) is 57.3 Å². The van der Waals surface area contributed by atoms with Gasteiger partial charge in [0.05, 0.1) is 18.1 Å². The van der Waals surface area contributed by atoms with Crippen LogP contribution in [-0.2, 0) is 42.4 Å². The van der Waals surface area contributed by atoms with E-state index in [2.05, 4.69) is 9.69 Å². The molecule has 0 aliphatic rings. The summed E-state index contributed by atoms with van der Waals surface area (Å²) in [7, 11) is 0. The molecular weight excluding hydrogens is 520 g/mol. The minimum absolute atomic E-state index is 0.0415. The van der Waals surface area contributed by atoms with E-state index in [0.29, 0.717) is 5.56 Å². The van der Waals surface area contributed by atoms with Crippen LogP contribution in [0, 0.1) is 0 Å². The van der Waals surface area contributed by atoms with Gasteiger partial charge in [-0.1, -0.05) is 60.7 Å². The lowest BCUT2D eigenvalue weighted by atomic mass is 9.91. The highest BCUT2D eigenvalue weighted by molar-refractivity contribution is 7.06. The lowest BCUT2D eigenvalue weighted by molar-refractivity contribution is -0.166. The van der Waals surface area contributed by atoms with E-state index in [1.54, 1.807) is 34.6 Å². The molecule has 3 rings (SSSR count). The zero-order valence-corrected chi connectivity index (χ0v) is 23.6. The number of hydrogen-bond acceptors (Lipinski definition) is 9.